The van der Waals surface area contributed by atoms with Gasteiger partial charge >= 0.3 is 0 Å². The molecule has 1 saturated heterocycles. The van der Waals surface area contributed by atoms with Crippen molar-refractivity contribution in [1.29, 1.82) is 0 Å². The van der Waals surface area contributed by atoms with Gasteiger partial charge < -0.3 is 10.6 Å². The highest BCUT2D eigenvalue weighted by molar-refractivity contribution is 7.10. The molecule has 4 nitrogen and oxygen atoms in total. The molecule has 0 aromatic carbocycles. The third-order valence-electron chi connectivity index (χ3n) is 3.21. The minimum Gasteiger partial charge on any atom is -0.347 e. The summed E-state index contributed by atoms with van der Waals surface area (Å²) in [5.41, 5.74) is 0. The highest BCUT2D eigenvalue weighted by atomic mass is 32.1. The molecule has 2 heterocycles. The molecular formula is C13H21N3OS. The summed E-state index contributed by atoms with van der Waals surface area (Å²) in [7, 11) is 0. The molecule has 1 atom stereocenters. The average molecular weight is 267 g/mol. The maximum absolute atomic E-state index is 12.0. The molecule has 1 fully saturated rings. The number of carbonyl (C=O) groups excluding carboxylic acids is 1. The predicted octanol–water partition coefficient (Wildman–Crippen LogP) is 1.22. The standard InChI is InChI=1S/C13H21N3OS/c1-2-11(12-4-3-9-18-12)15-13(17)10-16-7-5-14-6-8-16/h3-4,9,11,14H,2,5-8,10H2,1H3,(H,15,17). The van der Waals surface area contributed by atoms with Crippen molar-refractivity contribution in [2.24, 2.45) is 0 Å². The summed E-state index contributed by atoms with van der Waals surface area (Å²) in [4.78, 5) is 15.5. The average Bonchev–Trinajstić information content (AvgIpc) is 2.91. The summed E-state index contributed by atoms with van der Waals surface area (Å²) in [6.07, 6.45) is 0.938. The Kier molecular flexibility index (Phi) is 5.16. The molecular weight excluding hydrogens is 246 g/mol. The maximum atomic E-state index is 12.0. The van der Waals surface area contributed by atoms with Crippen LogP contribution in [0.25, 0.3) is 0 Å². The number of amides is 1. The Bertz CT molecular complexity index is 360. The van der Waals surface area contributed by atoms with E-state index in [0.29, 0.717) is 6.54 Å². The van der Waals surface area contributed by atoms with Crippen molar-refractivity contribution >= 4 is 17.2 Å². The lowest BCUT2D eigenvalue weighted by Gasteiger charge is -2.27. The van der Waals surface area contributed by atoms with E-state index in [1.807, 2.05) is 6.07 Å². The fourth-order valence-electron chi connectivity index (χ4n) is 2.18. The van der Waals surface area contributed by atoms with Crippen LogP contribution in [0.3, 0.4) is 0 Å². The van der Waals surface area contributed by atoms with E-state index in [2.05, 4.69) is 33.9 Å². The molecule has 0 saturated carbocycles. The van der Waals surface area contributed by atoms with E-state index in [0.717, 1.165) is 32.6 Å². The van der Waals surface area contributed by atoms with Crippen molar-refractivity contribution < 1.29 is 4.79 Å². The fraction of sp³-hybridized carbons (Fsp3) is 0.615. The topological polar surface area (TPSA) is 44.4 Å². The first kappa shape index (κ1) is 13.5. The van der Waals surface area contributed by atoms with Gasteiger partial charge in [-0.15, -0.1) is 11.3 Å². The highest BCUT2D eigenvalue weighted by Gasteiger charge is 2.17. The van der Waals surface area contributed by atoms with E-state index in [1.165, 1.54) is 4.88 Å². The van der Waals surface area contributed by atoms with Gasteiger partial charge in [0.05, 0.1) is 12.6 Å². The van der Waals surface area contributed by atoms with Gasteiger partial charge in [0.15, 0.2) is 0 Å². The van der Waals surface area contributed by atoms with Gasteiger partial charge in [0.2, 0.25) is 5.91 Å². The molecule has 1 aliphatic heterocycles. The van der Waals surface area contributed by atoms with Crippen LogP contribution in [0.5, 0.6) is 0 Å². The first-order valence-corrected chi connectivity index (χ1v) is 7.43. The Hall–Kier alpha value is -0.910. The van der Waals surface area contributed by atoms with Crippen LogP contribution in [0.1, 0.15) is 24.3 Å². The van der Waals surface area contributed by atoms with Gasteiger partial charge in [0, 0.05) is 31.1 Å². The first-order chi connectivity index (χ1) is 8.79. The Morgan fingerprint density at radius 1 is 1.56 bits per heavy atom. The number of thiophene rings is 1. The van der Waals surface area contributed by atoms with E-state index < -0.39 is 0 Å². The number of rotatable bonds is 5. The van der Waals surface area contributed by atoms with Crippen LogP contribution < -0.4 is 10.6 Å². The van der Waals surface area contributed by atoms with E-state index >= 15 is 0 Å². The summed E-state index contributed by atoms with van der Waals surface area (Å²) in [5, 5.41) is 8.47. The zero-order chi connectivity index (χ0) is 12.8. The van der Waals surface area contributed by atoms with E-state index in [1.54, 1.807) is 11.3 Å². The van der Waals surface area contributed by atoms with Gasteiger partial charge in [-0.25, -0.2) is 0 Å². The molecule has 0 radical (unpaired) electrons. The smallest absolute Gasteiger partial charge is 0.234 e. The van der Waals surface area contributed by atoms with Crippen molar-refractivity contribution in [1.82, 2.24) is 15.5 Å². The summed E-state index contributed by atoms with van der Waals surface area (Å²) < 4.78 is 0. The van der Waals surface area contributed by atoms with Gasteiger partial charge in [-0.05, 0) is 17.9 Å². The van der Waals surface area contributed by atoms with E-state index in [4.69, 9.17) is 0 Å². The molecule has 1 aromatic rings. The lowest BCUT2D eigenvalue weighted by Crippen LogP contribution is -2.47. The van der Waals surface area contributed by atoms with Crippen molar-refractivity contribution in [3.8, 4) is 0 Å². The van der Waals surface area contributed by atoms with Gasteiger partial charge in [-0.3, -0.25) is 9.69 Å². The van der Waals surface area contributed by atoms with Gasteiger partial charge in [-0.2, -0.15) is 0 Å². The molecule has 2 rings (SSSR count). The summed E-state index contributed by atoms with van der Waals surface area (Å²) in [6.45, 7) is 6.51. The van der Waals surface area contributed by atoms with Crippen LogP contribution in [0.2, 0.25) is 0 Å². The van der Waals surface area contributed by atoms with Crippen molar-refractivity contribution in [2.75, 3.05) is 32.7 Å². The molecule has 1 unspecified atom stereocenters. The summed E-state index contributed by atoms with van der Waals surface area (Å²) >= 11 is 1.71. The SMILES string of the molecule is CCC(NC(=O)CN1CCNCC1)c1cccs1. The Morgan fingerprint density at radius 3 is 2.94 bits per heavy atom. The largest absolute Gasteiger partial charge is 0.347 e. The predicted molar refractivity (Wildman–Crippen MR) is 74.8 cm³/mol. The second-order valence-corrected chi connectivity index (χ2v) is 5.55. The second kappa shape index (κ2) is 6.87. The van der Waals surface area contributed by atoms with Crippen LogP contribution in [-0.4, -0.2) is 43.5 Å². The Labute approximate surface area is 112 Å². The lowest BCUT2D eigenvalue weighted by atomic mass is 10.2. The Balaban J connectivity index is 1.82. The van der Waals surface area contributed by atoms with Gasteiger partial charge in [0.25, 0.3) is 0 Å². The molecule has 1 aromatic heterocycles. The van der Waals surface area contributed by atoms with E-state index in [9.17, 15) is 4.79 Å². The first-order valence-electron chi connectivity index (χ1n) is 6.55. The summed E-state index contributed by atoms with van der Waals surface area (Å²) in [5.74, 6) is 0.136. The summed E-state index contributed by atoms with van der Waals surface area (Å²) in [6, 6.07) is 4.29. The van der Waals surface area contributed by atoms with E-state index in [-0.39, 0.29) is 11.9 Å². The molecule has 1 amide bonds. The van der Waals surface area contributed by atoms with Crippen molar-refractivity contribution in [2.45, 2.75) is 19.4 Å². The van der Waals surface area contributed by atoms with Gasteiger partial charge in [-0.1, -0.05) is 13.0 Å². The quantitative estimate of drug-likeness (QED) is 0.843. The molecule has 2 N–H and O–H groups in total. The zero-order valence-electron chi connectivity index (χ0n) is 10.8. The monoisotopic (exact) mass is 267 g/mol. The number of hydrogen-bond acceptors (Lipinski definition) is 4. The second-order valence-electron chi connectivity index (χ2n) is 4.57. The van der Waals surface area contributed by atoms with Crippen LogP contribution in [0.4, 0.5) is 0 Å². The van der Waals surface area contributed by atoms with Crippen LogP contribution in [0.15, 0.2) is 17.5 Å². The molecule has 18 heavy (non-hydrogen) atoms. The Morgan fingerprint density at radius 2 is 2.33 bits per heavy atom. The molecule has 100 valence electrons. The molecule has 0 aliphatic carbocycles. The molecule has 5 heteroatoms. The molecule has 0 bridgehead atoms. The van der Waals surface area contributed by atoms with Crippen molar-refractivity contribution in [3.05, 3.63) is 22.4 Å². The number of nitrogens with zero attached hydrogens (tertiary/aromatic N) is 1. The third-order valence-corrected chi connectivity index (χ3v) is 4.19. The molecule has 0 spiro atoms. The molecule has 1 aliphatic rings. The van der Waals surface area contributed by atoms with Crippen LogP contribution >= 0.6 is 11.3 Å². The van der Waals surface area contributed by atoms with Crippen LogP contribution in [-0.2, 0) is 4.79 Å². The number of piperazine rings is 1. The normalized spacial score (nSPS) is 18.5. The van der Waals surface area contributed by atoms with Crippen LogP contribution in [0, 0.1) is 0 Å². The third kappa shape index (κ3) is 3.80. The maximum Gasteiger partial charge on any atom is 0.234 e. The minimum absolute atomic E-state index is 0.136. The lowest BCUT2D eigenvalue weighted by molar-refractivity contribution is -0.123. The zero-order valence-corrected chi connectivity index (χ0v) is 11.6. The number of nitrogens with one attached hydrogen (secondary N) is 2. The minimum atomic E-state index is 0.136. The highest BCUT2D eigenvalue weighted by Crippen LogP contribution is 2.21. The fourth-order valence-corrected chi connectivity index (χ4v) is 3.04. The van der Waals surface area contributed by atoms with Crippen molar-refractivity contribution in [3.63, 3.8) is 0 Å². The van der Waals surface area contributed by atoms with Gasteiger partial charge in [0.1, 0.15) is 0 Å². The number of carbonyl (C=O) groups is 1. The number of hydrogen-bond donors (Lipinski definition) is 2.